The van der Waals surface area contributed by atoms with Crippen LogP contribution >= 0.6 is 0 Å². The number of likely N-dealkylation sites (tertiary alicyclic amines) is 1. The number of nitrogens with zero attached hydrogens (tertiary/aromatic N) is 2. The van der Waals surface area contributed by atoms with Crippen LogP contribution < -0.4 is 5.32 Å². The number of carboxylic acid groups (broad SMARTS) is 1. The molecule has 2 fully saturated rings. The van der Waals surface area contributed by atoms with Gasteiger partial charge in [0.05, 0.1) is 0 Å². The Labute approximate surface area is 128 Å². The zero-order valence-electron chi connectivity index (χ0n) is 13.8. The number of carbonyl (C=O) groups is 1. The summed E-state index contributed by atoms with van der Waals surface area (Å²) in [7, 11) is 4.37. The van der Waals surface area contributed by atoms with Crippen LogP contribution in [-0.2, 0) is 4.79 Å². The molecule has 0 amide bonds. The van der Waals surface area contributed by atoms with E-state index in [-0.39, 0.29) is 0 Å². The van der Waals surface area contributed by atoms with Gasteiger partial charge in [0.2, 0.25) is 0 Å². The highest BCUT2D eigenvalue weighted by Gasteiger charge is 2.44. The third kappa shape index (κ3) is 3.76. The summed E-state index contributed by atoms with van der Waals surface area (Å²) in [6.45, 7) is 5.00. The topological polar surface area (TPSA) is 55.8 Å². The van der Waals surface area contributed by atoms with Crippen LogP contribution in [0.4, 0.5) is 0 Å². The Balaban J connectivity index is 2.03. The summed E-state index contributed by atoms with van der Waals surface area (Å²) in [6.07, 6.45) is 6.08. The number of nitrogens with one attached hydrogen (secondary N) is 1. The monoisotopic (exact) mass is 297 g/mol. The number of hydrogen-bond acceptors (Lipinski definition) is 4. The largest absolute Gasteiger partial charge is 0.480 e. The van der Waals surface area contributed by atoms with Gasteiger partial charge in [0.1, 0.15) is 5.54 Å². The van der Waals surface area contributed by atoms with E-state index in [9.17, 15) is 9.90 Å². The van der Waals surface area contributed by atoms with Crippen molar-refractivity contribution in [1.29, 1.82) is 0 Å². The van der Waals surface area contributed by atoms with Gasteiger partial charge in [0.15, 0.2) is 0 Å². The van der Waals surface area contributed by atoms with Crippen LogP contribution in [0.2, 0.25) is 0 Å². The molecular formula is C16H31N3O2. The Kier molecular flexibility index (Phi) is 5.63. The van der Waals surface area contributed by atoms with Gasteiger partial charge in [-0.05, 0) is 65.7 Å². The molecule has 0 aromatic rings. The van der Waals surface area contributed by atoms with Gasteiger partial charge in [-0.2, -0.15) is 0 Å². The number of aliphatic carboxylic acids is 1. The fourth-order valence-corrected chi connectivity index (χ4v) is 4.13. The first-order valence-electron chi connectivity index (χ1n) is 8.37. The highest BCUT2D eigenvalue weighted by molar-refractivity contribution is 5.79. The molecule has 0 aromatic carbocycles. The van der Waals surface area contributed by atoms with Crippen molar-refractivity contribution < 1.29 is 9.90 Å². The van der Waals surface area contributed by atoms with Crippen molar-refractivity contribution in [3.05, 3.63) is 0 Å². The van der Waals surface area contributed by atoms with Crippen molar-refractivity contribution in [2.45, 2.75) is 63.1 Å². The fourth-order valence-electron chi connectivity index (χ4n) is 4.13. The lowest BCUT2D eigenvalue weighted by Crippen LogP contribution is -2.59. The Bertz CT molecular complexity index is 359. The lowest BCUT2D eigenvalue weighted by molar-refractivity contribution is -0.147. The molecule has 0 spiro atoms. The summed E-state index contributed by atoms with van der Waals surface area (Å²) in [5.41, 5.74) is -0.716. The predicted molar refractivity (Wildman–Crippen MR) is 84.6 cm³/mol. The average Bonchev–Trinajstić information content (AvgIpc) is 2.47. The third-order valence-electron chi connectivity index (χ3n) is 5.40. The van der Waals surface area contributed by atoms with Crippen LogP contribution in [0.25, 0.3) is 0 Å². The molecule has 122 valence electrons. The van der Waals surface area contributed by atoms with Crippen molar-refractivity contribution in [1.82, 2.24) is 15.1 Å². The van der Waals surface area contributed by atoms with Gasteiger partial charge < -0.3 is 15.3 Å². The molecule has 2 N–H and O–H groups in total. The second-order valence-electron chi connectivity index (χ2n) is 6.89. The maximum absolute atomic E-state index is 11.8. The SMILES string of the molecule is CCNC1(C(=O)O)CCCC(N(C)C2CCCN(C)C2)C1. The molecule has 21 heavy (non-hydrogen) atoms. The third-order valence-corrected chi connectivity index (χ3v) is 5.40. The lowest BCUT2D eigenvalue weighted by Gasteiger charge is -2.46. The molecular weight excluding hydrogens is 266 g/mol. The van der Waals surface area contributed by atoms with E-state index in [0.717, 1.165) is 38.8 Å². The van der Waals surface area contributed by atoms with E-state index >= 15 is 0 Å². The number of hydrogen-bond donors (Lipinski definition) is 2. The maximum atomic E-state index is 11.8. The van der Waals surface area contributed by atoms with Gasteiger partial charge in [0, 0.05) is 18.6 Å². The van der Waals surface area contributed by atoms with Gasteiger partial charge in [-0.3, -0.25) is 9.69 Å². The fraction of sp³-hybridized carbons (Fsp3) is 0.938. The second kappa shape index (κ2) is 7.07. The Morgan fingerprint density at radius 1 is 1.38 bits per heavy atom. The Hall–Kier alpha value is -0.650. The van der Waals surface area contributed by atoms with Crippen LogP contribution in [-0.4, -0.2) is 72.2 Å². The lowest BCUT2D eigenvalue weighted by atomic mass is 9.78. The molecule has 0 bridgehead atoms. The van der Waals surface area contributed by atoms with E-state index in [1.54, 1.807) is 0 Å². The van der Waals surface area contributed by atoms with Crippen LogP contribution in [0.1, 0.15) is 45.4 Å². The van der Waals surface area contributed by atoms with Crippen LogP contribution in [0, 0.1) is 0 Å². The number of piperidine rings is 1. The molecule has 0 radical (unpaired) electrons. The van der Waals surface area contributed by atoms with Gasteiger partial charge in [-0.25, -0.2) is 0 Å². The summed E-state index contributed by atoms with van der Waals surface area (Å²) in [6, 6.07) is 0.949. The zero-order valence-corrected chi connectivity index (χ0v) is 13.8. The maximum Gasteiger partial charge on any atom is 0.323 e. The summed E-state index contributed by atoms with van der Waals surface area (Å²) in [5, 5.41) is 12.9. The van der Waals surface area contributed by atoms with Crippen molar-refractivity contribution >= 4 is 5.97 Å². The van der Waals surface area contributed by atoms with Crippen LogP contribution in [0.15, 0.2) is 0 Å². The summed E-state index contributed by atoms with van der Waals surface area (Å²) >= 11 is 0. The van der Waals surface area contributed by atoms with E-state index in [0.29, 0.717) is 12.1 Å². The van der Waals surface area contributed by atoms with Crippen molar-refractivity contribution in [2.75, 3.05) is 33.7 Å². The Morgan fingerprint density at radius 3 is 2.71 bits per heavy atom. The molecule has 5 heteroatoms. The number of likely N-dealkylation sites (N-methyl/N-ethyl adjacent to an activating group) is 3. The normalized spacial score (nSPS) is 35.0. The number of carboxylic acids is 1. The van der Waals surface area contributed by atoms with Gasteiger partial charge in [0.25, 0.3) is 0 Å². The quantitative estimate of drug-likeness (QED) is 0.803. The molecule has 3 unspecified atom stereocenters. The molecule has 1 saturated carbocycles. The van der Waals surface area contributed by atoms with Crippen molar-refractivity contribution in [3.63, 3.8) is 0 Å². The highest BCUT2D eigenvalue weighted by atomic mass is 16.4. The minimum absolute atomic E-state index is 0.380. The average molecular weight is 297 g/mol. The molecule has 1 aliphatic carbocycles. The molecule has 1 saturated heterocycles. The van der Waals surface area contributed by atoms with Gasteiger partial charge >= 0.3 is 5.97 Å². The van der Waals surface area contributed by atoms with E-state index in [4.69, 9.17) is 0 Å². The number of rotatable bonds is 5. The van der Waals surface area contributed by atoms with Crippen LogP contribution in [0.5, 0.6) is 0 Å². The summed E-state index contributed by atoms with van der Waals surface area (Å²) in [5.74, 6) is -0.678. The second-order valence-corrected chi connectivity index (χ2v) is 6.89. The minimum atomic E-state index is -0.716. The van der Waals surface area contributed by atoms with Crippen molar-refractivity contribution in [3.8, 4) is 0 Å². The minimum Gasteiger partial charge on any atom is -0.480 e. The first-order chi connectivity index (χ1) is 9.98. The first kappa shape index (κ1) is 16.7. The smallest absolute Gasteiger partial charge is 0.323 e. The summed E-state index contributed by atoms with van der Waals surface area (Å²) < 4.78 is 0. The van der Waals surface area contributed by atoms with Gasteiger partial charge in [-0.1, -0.05) is 6.92 Å². The molecule has 2 aliphatic rings. The molecule has 1 heterocycles. The molecule has 5 nitrogen and oxygen atoms in total. The molecule has 2 rings (SSSR count). The molecule has 1 aliphatic heterocycles. The molecule has 3 atom stereocenters. The van der Waals surface area contributed by atoms with E-state index in [1.807, 2.05) is 6.92 Å². The van der Waals surface area contributed by atoms with Crippen LogP contribution in [0.3, 0.4) is 0 Å². The van der Waals surface area contributed by atoms with E-state index in [1.165, 1.54) is 19.4 Å². The van der Waals surface area contributed by atoms with Gasteiger partial charge in [-0.15, -0.1) is 0 Å². The first-order valence-corrected chi connectivity index (χ1v) is 8.37. The summed E-state index contributed by atoms with van der Waals surface area (Å²) in [4.78, 5) is 16.6. The predicted octanol–water partition coefficient (Wildman–Crippen LogP) is 1.39. The standard InChI is InChI=1S/C16H31N3O2/c1-4-17-16(15(20)21)9-5-7-13(11-16)19(3)14-8-6-10-18(2)12-14/h13-14,17H,4-12H2,1-3H3,(H,20,21). The van der Waals surface area contributed by atoms with E-state index in [2.05, 4.69) is 29.2 Å². The van der Waals surface area contributed by atoms with Crippen molar-refractivity contribution in [2.24, 2.45) is 0 Å². The molecule has 0 aromatic heterocycles. The highest BCUT2D eigenvalue weighted by Crippen LogP contribution is 2.33. The van der Waals surface area contributed by atoms with E-state index < -0.39 is 11.5 Å². The zero-order chi connectivity index (χ0) is 15.5. The Morgan fingerprint density at radius 2 is 2.10 bits per heavy atom.